The number of benzene rings is 1. The van der Waals surface area contributed by atoms with Crippen molar-refractivity contribution in [3.05, 3.63) is 30.3 Å². The van der Waals surface area contributed by atoms with Crippen molar-refractivity contribution in [1.82, 2.24) is 5.32 Å². The first kappa shape index (κ1) is 13.9. The molecule has 1 atom stereocenters. The summed E-state index contributed by atoms with van der Waals surface area (Å²) in [6.45, 7) is 3.15. The minimum atomic E-state index is -0.716. The lowest BCUT2D eigenvalue weighted by Crippen LogP contribution is -2.61. The van der Waals surface area contributed by atoms with Crippen molar-refractivity contribution < 1.29 is 9.53 Å². The van der Waals surface area contributed by atoms with Crippen LogP contribution in [0.4, 0.5) is 0 Å². The minimum absolute atomic E-state index is 0.303. The fourth-order valence-corrected chi connectivity index (χ4v) is 2.31. The van der Waals surface area contributed by atoms with E-state index in [1.807, 2.05) is 30.3 Å². The van der Waals surface area contributed by atoms with E-state index in [0.29, 0.717) is 12.5 Å². The maximum absolute atomic E-state index is 11.9. The lowest BCUT2D eigenvalue weighted by atomic mass is 9.93. The van der Waals surface area contributed by atoms with Crippen LogP contribution in [0.1, 0.15) is 26.2 Å². The number of ether oxygens (including phenoxy) is 1. The van der Waals surface area contributed by atoms with Crippen LogP contribution >= 0.6 is 0 Å². The van der Waals surface area contributed by atoms with E-state index < -0.39 is 5.54 Å². The zero-order chi connectivity index (χ0) is 13.7. The molecule has 0 aliphatic heterocycles. The van der Waals surface area contributed by atoms with Crippen LogP contribution in [0, 0.1) is 5.92 Å². The van der Waals surface area contributed by atoms with Gasteiger partial charge in [-0.05, 0) is 43.9 Å². The SMILES string of the molecule is CCCNC(COc1ccccc1)(C(N)=O)C1CC1. The van der Waals surface area contributed by atoms with Gasteiger partial charge in [-0.15, -0.1) is 0 Å². The molecule has 1 fully saturated rings. The number of nitrogens with one attached hydrogen (secondary N) is 1. The van der Waals surface area contributed by atoms with E-state index in [1.54, 1.807) is 0 Å². The molecule has 0 radical (unpaired) electrons. The van der Waals surface area contributed by atoms with Crippen LogP contribution in [0.25, 0.3) is 0 Å². The quantitative estimate of drug-likeness (QED) is 0.749. The topological polar surface area (TPSA) is 64.3 Å². The molecule has 0 saturated heterocycles. The number of primary amides is 1. The highest BCUT2D eigenvalue weighted by Crippen LogP contribution is 2.40. The van der Waals surface area contributed by atoms with Gasteiger partial charge in [-0.3, -0.25) is 4.79 Å². The largest absolute Gasteiger partial charge is 0.491 e. The number of hydrogen-bond donors (Lipinski definition) is 2. The Morgan fingerprint density at radius 2 is 2.11 bits per heavy atom. The molecule has 19 heavy (non-hydrogen) atoms. The third-order valence-electron chi connectivity index (χ3n) is 3.61. The van der Waals surface area contributed by atoms with Gasteiger partial charge in [0.25, 0.3) is 0 Å². The normalized spacial score (nSPS) is 17.7. The molecule has 0 bridgehead atoms. The molecule has 0 spiro atoms. The van der Waals surface area contributed by atoms with E-state index in [4.69, 9.17) is 10.5 Å². The van der Waals surface area contributed by atoms with Crippen LogP contribution in [-0.4, -0.2) is 24.6 Å². The Morgan fingerprint density at radius 1 is 1.42 bits per heavy atom. The van der Waals surface area contributed by atoms with E-state index in [-0.39, 0.29) is 5.91 Å². The third kappa shape index (κ3) is 3.26. The van der Waals surface area contributed by atoms with Crippen molar-refractivity contribution >= 4 is 5.91 Å². The summed E-state index contributed by atoms with van der Waals surface area (Å²) in [7, 11) is 0. The van der Waals surface area contributed by atoms with Gasteiger partial charge in [0, 0.05) is 0 Å². The van der Waals surface area contributed by atoms with Crippen molar-refractivity contribution in [2.45, 2.75) is 31.7 Å². The van der Waals surface area contributed by atoms with Crippen molar-refractivity contribution in [2.75, 3.05) is 13.2 Å². The molecule has 3 N–H and O–H groups in total. The van der Waals surface area contributed by atoms with Crippen molar-refractivity contribution in [3.63, 3.8) is 0 Å². The number of rotatable bonds is 8. The minimum Gasteiger partial charge on any atom is -0.491 e. The maximum Gasteiger partial charge on any atom is 0.241 e. The summed E-state index contributed by atoms with van der Waals surface area (Å²) in [5.41, 5.74) is 4.92. The van der Waals surface area contributed by atoms with Gasteiger partial charge >= 0.3 is 0 Å². The lowest BCUT2D eigenvalue weighted by molar-refractivity contribution is -0.126. The standard InChI is InChI=1S/C15H22N2O2/c1-2-10-17-15(14(16)18,12-8-9-12)11-19-13-6-4-3-5-7-13/h3-7,12,17H,2,8-11H2,1H3,(H2,16,18). The number of carbonyl (C=O) groups is 1. The van der Waals surface area contributed by atoms with Gasteiger partial charge in [-0.25, -0.2) is 0 Å². The predicted octanol–water partition coefficient (Wildman–Crippen LogP) is 1.70. The highest BCUT2D eigenvalue weighted by atomic mass is 16.5. The van der Waals surface area contributed by atoms with Gasteiger partial charge in [0.15, 0.2) is 0 Å². The van der Waals surface area contributed by atoms with E-state index in [0.717, 1.165) is 31.6 Å². The number of carbonyl (C=O) groups excluding carboxylic acids is 1. The first-order valence-electron chi connectivity index (χ1n) is 6.92. The second-order valence-electron chi connectivity index (χ2n) is 5.14. The van der Waals surface area contributed by atoms with Gasteiger partial charge in [-0.2, -0.15) is 0 Å². The van der Waals surface area contributed by atoms with Gasteiger partial charge in [0.05, 0.1) is 0 Å². The number of para-hydroxylation sites is 1. The van der Waals surface area contributed by atoms with Gasteiger partial charge in [0.1, 0.15) is 17.9 Å². The number of hydrogen-bond acceptors (Lipinski definition) is 3. The first-order valence-corrected chi connectivity index (χ1v) is 6.92. The summed E-state index contributed by atoms with van der Waals surface area (Å²) in [5, 5.41) is 3.32. The average molecular weight is 262 g/mol. The molecule has 0 heterocycles. The zero-order valence-electron chi connectivity index (χ0n) is 11.4. The first-order chi connectivity index (χ1) is 9.19. The van der Waals surface area contributed by atoms with Crippen LogP contribution < -0.4 is 15.8 Å². The molecule has 4 heteroatoms. The smallest absolute Gasteiger partial charge is 0.241 e. The molecule has 1 unspecified atom stereocenters. The van der Waals surface area contributed by atoms with E-state index in [9.17, 15) is 4.79 Å². The molecule has 2 rings (SSSR count). The molecular formula is C15H22N2O2. The predicted molar refractivity (Wildman–Crippen MR) is 74.9 cm³/mol. The highest BCUT2D eigenvalue weighted by Gasteiger charge is 2.50. The Kier molecular flexibility index (Phi) is 4.43. The molecule has 1 aliphatic carbocycles. The highest BCUT2D eigenvalue weighted by molar-refractivity contribution is 5.85. The summed E-state index contributed by atoms with van der Waals surface area (Å²) in [6.07, 6.45) is 3.04. The van der Waals surface area contributed by atoms with Crippen molar-refractivity contribution in [1.29, 1.82) is 0 Å². The van der Waals surface area contributed by atoms with Crippen LogP contribution in [0.5, 0.6) is 5.75 Å². The van der Waals surface area contributed by atoms with Gasteiger partial charge in [-0.1, -0.05) is 25.1 Å². The molecule has 1 saturated carbocycles. The second kappa shape index (κ2) is 6.06. The maximum atomic E-state index is 11.9. The van der Waals surface area contributed by atoms with Crippen molar-refractivity contribution in [2.24, 2.45) is 11.7 Å². The molecular weight excluding hydrogens is 240 g/mol. The van der Waals surface area contributed by atoms with Crippen LogP contribution in [0.3, 0.4) is 0 Å². The van der Waals surface area contributed by atoms with E-state index in [1.165, 1.54) is 0 Å². The Labute approximate surface area is 114 Å². The van der Waals surface area contributed by atoms with E-state index >= 15 is 0 Å². The van der Waals surface area contributed by atoms with Gasteiger partial charge in [0.2, 0.25) is 5.91 Å². The second-order valence-corrected chi connectivity index (χ2v) is 5.14. The van der Waals surface area contributed by atoms with Crippen molar-refractivity contribution in [3.8, 4) is 5.75 Å². The molecule has 104 valence electrons. The summed E-state index contributed by atoms with van der Waals surface area (Å²) in [6, 6.07) is 9.54. The molecule has 4 nitrogen and oxygen atoms in total. The summed E-state index contributed by atoms with van der Waals surface area (Å²) in [4.78, 5) is 11.9. The monoisotopic (exact) mass is 262 g/mol. The molecule has 1 aromatic carbocycles. The summed E-state index contributed by atoms with van der Waals surface area (Å²) >= 11 is 0. The Hall–Kier alpha value is -1.55. The van der Waals surface area contributed by atoms with Crippen LogP contribution in [0.15, 0.2) is 30.3 Å². The average Bonchev–Trinajstić information content (AvgIpc) is 3.25. The summed E-state index contributed by atoms with van der Waals surface area (Å²) in [5.74, 6) is 0.770. The Balaban J connectivity index is 2.06. The van der Waals surface area contributed by atoms with Crippen LogP contribution in [0.2, 0.25) is 0 Å². The lowest BCUT2D eigenvalue weighted by Gasteiger charge is -2.31. The summed E-state index contributed by atoms with van der Waals surface area (Å²) < 4.78 is 5.77. The Morgan fingerprint density at radius 3 is 2.63 bits per heavy atom. The number of amides is 1. The molecule has 0 aromatic heterocycles. The number of nitrogens with two attached hydrogens (primary N) is 1. The molecule has 1 amide bonds. The molecule has 1 aromatic rings. The fourth-order valence-electron chi connectivity index (χ4n) is 2.31. The third-order valence-corrected chi connectivity index (χ3v) is 3.61. The van der Waals surface area contributed by atoms with Crippen LogP contribution in [-0.2, 0) is 4.79 Å². The fraction of sp³-hybridized carbons (Fsp3) is 0.533. The zero-order valence-corrected chi connectivity index (χ0v) is 11.4. The van der Waals surface area contributed by atoms with Gasteiger partial charge < -0.3 is 15.8 Å². The van der Waals surface area contributed by atoms with E-state index in [2.05, 4.69) is 12.2 Å². The molecule has 1 aliphatic rings. The Bertz CT molecular complexity index is 417.